The van der Waals surface area contributed by atoms with Crippen LogP contribution in [0.1, 0.15) is 19.4 Å². The molecule has 0 aliphatic rings. The van der Waals surface area contributed by atoms with Gasteiger partial charge < -0.3 is 4.74 Å². The molecule has 0 aliphatic heterocycles. The Morgan fingerprint density at radius 2 is 1.83 bits per heavy atom. The molecule has 18 heavy (non-hydrogen) atoms. The average molecular weight is 272 g/mol. The Bertz CT molecular complexity index is 354. The normalized spacial score (nSPS) is 12.1. The molecule has 0 radical (unpaired) electrons. The highest BCUT2D eigenvalue weighted by Gasteiger charge is 2.27. The summed E-state index contributed by atoms with van der Waals surface area (Å²) in [5.74, 6) is 0.0644. The summed E-state index contributed by atoms with van der Waals surface area (Å²) in [4.78, 5) is 13.8. The van der Waals surface area contributed by atoms with Gasteiger partial charge in [-0.2, -0.15) is 0 Å². The molecule has 1 atom stereocenters. The van der Waals surface area contributed by atoms with Crippen LogP contribution in [0.3, 0.4) is 0 Å². The summed E-state index contributed by atoms with van der Waals surface area (Å²) >= 11 is 0. The molecule has 0 unspecified atom stereocenters. The molecule has 1 aromatic carbocycles. The van der Waals surface area contributed by atoms with Gasteiger partial charge >= 0.3 is 5.97 Å². The number of esters is 1. The van der Waals surface area contributed by atoms with Crippen LogP contribution in [-0.4, -0.2) is 31.1 Å². The van der Waals surface area contributed by atoms with Gasteiger partial charge in [-0.3, -0.25) is 9.69 Å². The number of benzene rings is 1. The van der Waals surface area contributed by atoms with Crippen molar-refractivity contribution in [1.29, 1.82) is 0 Å². The standard InChI is InChI=1S/C14H21NO2.ClH/c1-11(2)13(14(16)17-4)15(3)10-12-8-6-5-7-9-12;/h5-9,11,13H,10H2,1-4H3;1H/t13-;/m1./s1. The minimum Gasteiger partial charge on any atom is -0.468 e. The average Bonchev–Trinajstić information content (AvgIpc) is 2.29. The fourth-order valence-corrected chi connectivity index (χ4v) is 2.05. The number of carbonyl (C=O) groups excluding carboxylic acids is 1. The fraction of sp³-hybridized carbons (Fsp3) is 0.500. The first-order valence-corrected chi connectivity index (χ1v) is 5.88. The summed E-state index contributed by atoms with van der Waals surface area (Å²) in [5, 5.41) is 0. The number of nitrogens with zero attached hydrogens (tertiary/aromatic N) is 1. The zero-order valence-corrected chi connectivity index (χ0v) is 12.2. The van der Waals surface area contributed by atoms with E-state index in [1.54, 1.807) is 0 Å². The van der Waals surface area contributed by atoms with E-state index >= 15 is 0 Å². The van der Waals surface area contributed by atoms with Crippen molar-refractivity contribution in [2.45, 2.75) is 26.4 Å². The van der Waals surface area contributed by atoms with Crippen LogP contribution in [0, 0.1) is 5.92 Å². The van der Waals surface area contributed by atoms with Gasteiger partial charge in [0.1, 0.15) is 6.04 Å². The van der Waals surface area contributed by atoms with Crippen molar-refractivity contribution in [3.8, 4) is 0 Å². The smallest absolute Gasteiger partial charge is 0.323 e. The molecule has 0 fully saturated rings. The maximum Gasteiger partial charge on any atom is 0.323 e. The van der Waals surface area contributed by atoms with E-state index in [9.17, 15) is 4.79 Å². The van der Waals surface area contributed by atoms with Gasteiger partial charge in [-0.05, 0) is 18.5 Å². The van der Waals surface area contributed by atoms with E-state index in [1.165, 1.54) is 12.7 Å². The number of methoxy groups -OCH3 is 1. The number of likely N-dealkylation sites (N-methyl/N-ethyl adjacent to an activating group) is 1. The van der Waals surface area contributed by atoms with Crippen molar-refractivity contribution in [2.75, 3.05) is 14.2 Å². The predicted molar refractivity (Wildman–Crippen MR) is 75.8 cm³/mol. The van der Waals surface area contributed by atoms with Gasteiger partial charge in [0.05, 0.1) is 7.11 Å². The van der Waals surface area contributed by atoms with Crippen LogP contribution in [-0.2, 0) is 16.1 Å². The quantitative estimate of drug-likeness (QED) is 0.772. The second-order valence-corrected chi connectivity index (χ2v) is 4.61. The first-order valence-electron chi connectivity index (χ1n) is 5.88. The van der Waals surface area contributed by atoms with Gasteiger partial charge in [0.2, 0.25) is 0 Å². The van der Waals surface area contributed by atoms with Gasteiger partial charge in [-0.15, -0.1) is 12.4 Å². The van der Waals surface area contributed by atoms with E-state index in [0.717, 1.165) is 6.54 Å². The van der Waals surface area contributed by atoms with Gasteiger partial charge in [0.25, 0.3) is 0 Å². The number of hydrogen-bond donors (Lipinski definition) is 0. The Morgan fingerprint density at radius 1 is 1.28 bits per heavy atom. The summed E-state index contributed by atoms with van der Waals surface area (Å²) in [7, 11) is 3.39. The van der Waals surface area contributed by atoms with Gasteiger partial charge in [0.15, 0.2) is 0 Å². The van der Waals surface area contributed by atoms with E-state index in [2.05, 4.69) is 12.1 Å². The van der Waals surface area contributed by atoms with Crippen molar-refractivity contribution >= 4 is 18.4 Å². The molecule has 0 saturated heterocycles. The van der Waals surface area contributed by atoms with Crippen LogP contribution in [0.15, 0.2) is 30.3 Å². The number of halogens is 1. The lowest BCUT2D eigenvalue weighted by molar-refractivity contribution is -0.148. The van der Waals surface area contributed by atoms with Crippen LogP contribution < -0.4 is 0 Å². The molecule has 1 aromatic rings. The Kier molecular flexibility index (Phi) is 7.64. The molecule has 3 nitrogen and oxygen atoms in total. The third kappa shape index (κ3) is 4.67. The van der Waals surface area contributed by atoms with Crippen molar-refractivity contribution < 1.29 is 9.53 Å². The summed E-state index contributed by atoms with van der Waals surface area (Å²) in [5.41, 5.74) is 1.20. The molecular weight excluding hydrogens is 250 g/mol. The molecule has 0 amide bonds. The number of hydrogen-bond acceptors (Lipinski definition) is 3. The second kappa shape index (κ2) is 8.11. The SMILES string of the molecule is COC(=O)[C@@H](C(C)C)N(C)Cc1ccccc1.Cl. The summed E-state index contributed by atoms with van der Waals surface area (Å²) in [6.07, 6.45) is 0. The number of carbonyl (C=O) groups is 1. The summed E-state index contributed by atoms with van der Waals surface area (Å²) in [6.45, 7) is 4.81. The molecule has 0 N–H and O–H groups in total. The number of ether oxygens (including phenoxy) is 1. The molecule has 0 spiro atoms. The predicted octanol–water partition coefficient (Wildman–Crippen LogP) is 2.74. The Morgan fingerprint density at radius 3 is 2.28 bits per heavy atom. The zero-order chi connectivity index (χ0) is 12.8. The van der Waals surface area contributed by atoms with Crippen molar-refractivity contribution in [3.05, 3.63) is 35.9 Å². The van der Waals surface area contributed by atoms with E-state index in [1.807, 2.05) is 44.0 Å². The van der Waals surface area contributed by atoms with Crippen LogP contribution in [0.25, 0.3) is 0 Å². The second-order valence-electron chi connectivity index (χ2n) is 4.61. The van der Waals surface area contributed by atoms with Gasteiger partial charge in [-0.25, -0.2) is 0 Å². The van der Waals surface area contributed by atoms with E-state index < -0.39 is 0 Å². The maximum atomic E-state index is 11.7. The van der Waals surface area contributed by atoms with E-state index in [4.69, 9.17) is 4.74 Å². The van der Waals surface area contributed by atoms with Gasteiger partial charge in [0, 0.05) is 6.54 Å². The third-order valence-electron chi connectivity index (χ3n) is 2.82. The Hall–Kier alpha value is -1.06. The first kappa shape index (κ1) is 16.9. The lowest BCUT2D eigenvalue weighted by atomic mass is 10.0. The topological polar surface area (TPSA) is 29.5 Å². The van der Waals surface area contributed by atoms with Gasteiger partial charge in [-0.1, -0.05) is 44.2 Å². The Labute approximate surface area is 116 Å². The molecule has 4 heteroatoms. The zero-order valence-electron chi connectivity index (χ0n) is 11.4. The molecule has 0 aromatic heterocycles. The summed E-state index contributed by atoms with van der Waals surface area (Å²) in [6, 6.07) is 9.93. The maximum absolute atomic E-state index is 11.7. The molecular formula is C14H22ClNO2. The Balaban J connectivity index is 0.00000289. The lowest BCUT2D eigenvalue weighted by Gasteiger charge is -2.28. The van der Waals surface area contributed by atoms with Crippen LogP contribution in [0.2, 0.25) is 0 Å². The highest BCUT2D eigenvalue weighted by molar-refractivity contribution is 5.85. The molecule has 0 aliphatic carbocycles. The monoisotopic (exact) mass is 271 g/mol. The molecule has 1 rings (SSSR count). The third-order valence-corrected chi connectivity index (χ3v) is 2.82. The molecule has 0 bridgehead atoms. The van der Waals surface area contributed by atoms with E-state index in [-0.39, 0.29) is 30.3 Å². The molecule has 0 saturated carbocycles. The van der Waals surface area contributed by atoms with Crippen LogP contribution in [0.4, 0.5) is 0 Å². The minimum atomic E-state index is -0.194. The molecule has 102 valence electrons. The van der Waals surface area contributed by atoms with Crippen molar-refractivity contribution in [2.24, 2.45) is 5.92 Å². The summed E-state index contributed by atoms with van der Waals surface area (Å²) < 4.78 is 4.85. The van der Waals surface area contributed by atoms with E-state index in [0.29, 0.717) is 0 Å². The highest BCUT2D eigenvalue weighted by atomic mass is 35.5. The van der Waals surface area contributed by atoms with Crippen molar-refractivity contribution in [3.63, 3.8) is 0 Å². The highest BCUT2D eigenvalue weighted by Crippen LogP contribution is 2.14. The van der Waals surface area contributed by atoms with Crippen LogP contribution in [0.5, 0.6) is 0 Å². The molecule has 0 heterocycles. The minimum absolute atomic E-state index is 0. The fourth-order valence-electron chi connectivity index (χ4n) is 2.05. The van der Waals surface area contributed by atoms with Crippen molar-refractivity contribution in [1.82, 2.24) is 4.90 Å². The number of rotatable bonds is 5. The lowest BCUT2D eigenvalue weighted by Crippen LogP contribution is -2.42. The largest absolute Gasteiger partial charge is 0.468 e. The first-order chi connectivity index (χ1) is 8.06. The van der Waals surface area contributed by atoms with Crippen LogP contribution >= 0.6 is 12.4 Å².